The summed E-state index contributed by atoms with van der Waals surface area (Å²) in [6, 6.07) is 5.45. The van der Waals surface area contributed by atoms with E-state index in [1.54, 1.807) is 16.8 Å². The number of aromatic nitrogens is 3. The zero-order valence-corrected chi connectivity index (χ0v) is 10.1. The molecule has 0 saturated heterocycles. The van der Waals surface area contributed by atoms with E-state index in [2.05, 4.69) is 15.4 Å². The number of nitrogen functional groups attached to an aromatic ring is 1. The number of anilines is 3. The largest absolute Gasteiger partial charge is 0.479 e. The highest BCUT2D eigenvalue weighted by molar-refractivity contribution is 5.58. The van der Waals surface area contributed by atoms with Crippen LogP contribution >= 0.6 is 0 Å². The highest BCUT2D eigenvalue weighted by Gasteiger charge is 2.05. The number of ether oxygens (including phenoxy) is 1. The molecule has 0 saturated carbocycles. The molecule has 2 aromatic heterocycles. The lowest BCUT2D eigenvalue weighted by molar-refractivity contribution is 0.401. The summed E-state index contributed by atoms with van der Waals surface area (Å²) in [6.07, 6.45) is 0. The number of hydrogen-bond donors (Lipinski definition) is 2. The third kappa shape index (κ3) is 2.30. The van der Waals surface area contributed by atoms with Gasteiger partial charge in [-0.05, 0) is 19.1 Å². The fraction of sp³-hybridized carbons (Fsp3) is 0.273. The molecular weight excluding hydrogens is 218 g/mol. The first kappa shape index (κ1) is 11.3. The molecule has 0 spiro atoms. The van der Waals surface area contributed by atoms with E-state index in [4.69, 9.17) is 10.5 Å². The van der Waals surface area contributed by atoms with Crippen molar-refractivity contribution in [3.05, 3.63) is 23.9 Å². The topological polar surface area (TPSA) is 78.0 Å². The minimum atomic E-state index is 0.405. The molecule has 90 valence electrons. The highest BCUT2D eigenvalue weighted by atomic mass is 16.5. The molecule has 0 unspecified atom stereocenters. The van der Waals surface area contributed by atoms with E-state index in [0.717, 1.165) is 11.5 Å². The first-order chi connectivity index (χ1) is 8.10. The number of hydrogen-bond acceptors (Lipinski definition) is 5. The Kier molecular flexibility index (Phi) is 2.86. The number of pyridine rings is 1. The van der Waals surface area contributed by atoms with Crippen LogP contribution in [-0.2, 0) is 7.05 Å². The van der Waals surface area contributed by atoms with Crippen molar-refractivity contribution in [1.82, 2.24) is 14.8 Å². The van der Waals surface area contributed by atoms with Gasteiger partial charge in [0.1, 0.15) is 5.82 Å². The zero-order chi connectivity index (χ0) is 12.4. The summed E-state index contributed by atoms with van der Waals surface area (Å²) in [5, 5.41) is 7.37. The first-order valence-electron chi connectivity index (χ1n) is 5.18. The van der Waals surface area contributed by atoms with E-state index in [0.29, 0.717) is 17.4 Å². The molecule has 0 radical (unpaired) electrons. The van der Waals surface area contributed by atoms with E-state index in [1.165, 1.54) is 7.11 Å². The van der Waals surface area contributed by atoms with Gasteiger partial charge in [-0.1, -0.05) is 0 Å². The van der Waals surface area contributed by atoms with Crippen LogP contribution in [0.4, 0.5) is 17.3 Å². The molecule has 2 rings (SSSR count). The van der Waals surface area contributed by atoms with E-state index >= 15 is 0 Å². The second-order valence-electron chi connectivity index (χ2n) is 3.71. The Hall–Kier alpha value is -2.24. The number of nitrogens with two attached hydrogens (primary N) is 1. The molecule has 2 aromatic rings. The van der Waals surface area contributed by atoms with Gasteiger partial charge in [-0.2, -0.15) is 10.1 Å². The summed E-state index contributed by atoms with van der Waals surface area (Å²) < 4.78 is 6.84. The zero-order valence-electron chi connectivity index (χ0n) is 10.1. The first-order valence-corrected chi connectivity index (χ1v) is 5.18. The quantitative estimate of drug-likeness (QED) is 0.839. The molecule has 0 bridgehead atoms. The van der Waals surface area contributed by atoms with Gasteiger partial charge in [-0.25, -0.2) is 0 Å². The van der Waals surface area contributed by atoms with Crippen LogP contribution in [0.15, 0.2) is 18.2 Å². The average molecular weight is 233 g/mol. The third-order valence-corrected chi connectivity index (χ3v) is 2.45. The highest BCUT2D eigenvalue weighted by Crippen LogP contribution is 2.22. The minimum Gasteiger partial charge on any atom is -0.479 e. The Labute approximate surface area is 99.4 Å². The molecular formula is C11H15N5O. The van der Waals surface area contributed by atoms with Gasteiger partial charge in [0.05, 0.1) is 12.8 Å². The summed E-state index contributed by atoms with van der Waals surface area (Å²) in [6.45, 7) is 1.98. The second-order valence-corrected chi connectivity index (χ2v) is 3.71. The monoisotopic (exact) mass is 233 g/mol. The standard InChI is InChI=1S/C11H15N5O/c1-7-6-10(15-16(7)2)13-9-5-4-8(12)11(14-9)17-3/h4-6H,12H2,1-3H3,(H,13,14,15). The summed E-state index contributed by atoms with van der Waals surface area (Å²) in [7, 11) is 3.42. The SMILES string of the molecule is COc1nc(Nc2cc(C)n(C)n2)ccc1N. The van der Waals surface area contributed by atoms with Gasteiger partial charge in [0, 0.05) is 18.8 Å². The van der Waals surface area contributed by atoms with Gasteiger partial charge in [-0.15, -0.1) is 0 Å². The van der Waals surface area contributed by atoms with Crippen LogP contribution in [0, 0.1) is 6.92 Å². The Morgan fingerprint density at radius 2 is 2.12 bits per heavy atom. The predicted molar refractivity (Wildman–Crippen MR) is 66.4 cm³/mol. The number of rotatable bonds is 3. The fourth-order valence-electron chi connectivity index (χ4n) is 1.44. The summed E-state index contributed by atoms with van der Waals surface area (Å²) in [4.78, 5) is 4.22. The molecule has 6 heteroatoms. The predicted octanol–water partition coefficient (Wildman–Crippen LogP) is 1.46. The lowest BCUT2D eigenvalue weighted by Gasteiger charge is -2.06. The van der Waals surface area contributed by atoms with Crippen molar-refractivity contribution < 1.29 is 4.74 Å². The Balaban J connectivity index is 2.24. The Morgan fingerprint density at radius 3 is 2.71 bits per heavy atom. The van der Waals surface area contributed by atoms with Gasteiger partial charge in [0.25, 0.3) is 0 Å². The third-order valence-electron chi connectivity index (χ3n) is 2.45. The lowest BCUT2D eigenvalue weighted by Crippen LogP contribution is -2.00. The lowest BCUT2D eigenvalue weighted by atomic mass is 10.4. The molecule has 0 fully saturated rings. The maximum absolute atomic E-state index is 5.69. The average Bonchev–Trinajstić information content (AvgIpc) is 2.61. The molecule has 0 aliphatic rings. The minimum absolute atomic E-state index is 0.405. The van der Waals surface area contributed by atoms with E-state index < -0.39 is 0 Å². The van der Waals surface area contributed by atoms with Crippen LogP contribution in [0.5, 0.6) is 5.88 Å². The van der Waals surface area contributed by atoms with Crippen LogP contribution in [0.3, 0.4) is 0 Å². The molecule has 0 amide bonds. The van der Waals surface area contributed by atoms with Gasteiger partial charge in [-0.3, -0.25) is 4.68 Å². The van der Waals surface area contributed by atoms with Gasteiger partial charge in [0.15, 0.2) is 5.82 Å². The second kappa shape index (κ2) is 4.32. The van der Waals surface area contributed by atoms with E-state index in [-0.39, 0.29) is 0 Å². The molecule has 0 aliphatic heterocycles. The molecule has 3 N–H and O–H groups in total. The van der Waals surface area contributed by atoms with Crippen LogP contribution in [0.25, 0.3) is 0 Å². The van der Waals surface area contributed by atoms with Crippen molar-refractivity contribution in [2.24, 2.45) is 7.05 Å². The Morgan fingerprint density at radius 1 is 1.35 bits per heavy atom. The summed E-state index contributed by atoms with van der Waals surface area (Å²) in [5.74, 6) is 1.79. The van der Waals surface area contributed by atoms with Crippen molar-refractivity contribution in [1.29, 1.82) is 0 Å². The summed E-state index contributed by atoms with van der Waals surface area (Å²) in [5.41, 5.74) is 7.26. The maximum Gasteiger partial charge on any atom is 0.238 e. The van der Waals surface area contributed by atoms with Crippen molar-refractivity contribution in [3.63, 3.8) is 0 Å². The molecule has 6 nitrogen and oxygen atoms in total. The molecule has 0 atom stereocenters. The van der Waals surface area contributed by atoms with Crippen molar-refractivity contribution >= 4 is 17.3 Å². The number of nitrogens with one attached hydrogen (secondary N) is 1. The number of nitrogens with zero attached hydrogens (tertiary/aromatic N) is 3. The van der Waals surface area contributed by atoms with Crippen LogP contribution in [-0.4, -0.2) is 21.9 Å². The van der Waals surface area contributed by atoms with Crippen molar-refractivity contribution in [2.45, 2.75) is 6.92 Å². The van der Waals surface area contributed by atoms with Crippen LogP contribution in [0.1, 0.15) is 5.69 Å². The smallest absolute Gasteiger partial charge is 0.238 e. The van der Waals surface area contributed by atoms with Crippen LogP contribution in [0.2, 0.25) is 0 Å². The van der Waals surface area contributed by atoms with Gasteiger partial charge >= 0.3 is 0 Å². The Bertz CT molecular complexity index is 515. The van der Waals surface area contributed by atoms with Crippen molar-refractivity contribution in [3.8, 4) is 5.88 Å². The summed E-state index contributed by atoms with van der Waals surface area (Å²) >= 11 is 0. The fourth-order valence-corrected chi connectivity index (χ4v) is 1.44. The number of methoxy groups -OCH3 is 1. The van der Waals surface area contributed by atoms with Gasteiger partial charge < -0.3 is 15.8 Å². The van der Waals surface area contributed by atoms with Crippen LogP contribution < -0.4 is 15.8 Å². The number of aryl methyl sites for hydroxylation is 2. The molecule has 17 heavy (non-hydrogen) atoms. The van der Waals surface area contributed by atoms with E-state index in [9.17, 15) is 0 Å². The molecule has 0 aromatic carbocycles. The molecule has 0 aliphatic carbocycles. The normalized spacial score (nSPS) is 10.3. The van der Waals surface area contributed by atoms with Crippen molar-refractivity contribution in [2.75, 3.05) is 18.2 Å². The maximum atomic E-state index is 5.69. The van der Waals surface area contributed by atoms with E-state index in [1.807, 2.05) is 20.0 Å². The molecule has 2 heterocycles. The van der Waals surface area contributed by atoms with Gasteiger partial charge in [0.2, 0.25) is 5.88 Å².